The average molecular weight is 485 g/mol. The van der Waals surface area contributed by atoms with Crippen LogP contribution < -0.4 is 0 Å². The summed E-state index contributed by atoms with van der Waals surface area (Å²) in [5.41, 5.74) is 0. The fourth-order valence-corrected chi connectivity index (χ4v) is 6.25. The minimum absolute atomic E-state index is 0.00717. The Morgan fingerprint density at radius 3 is 1.50 bits per heavy atom. The van der Waals surface area contributed by atoms with Crippen LogP contribution in [0.5, 0.6) is 0 Å². The largest absolute Gasteiger partial charge is 0.392 e. The van der Waals surface area contributed by atoms with Gasteiger partial charge < -0.3 is 28.8 Å². The van der Waals surface area contributed by atoms with Gasteiger partial charge in [0.15, 0.2) is 12.6 Å². The molecule has 3 aliphatic heterocycles. The monoisotopic (exact) mass is 484 g/mol. The van der Waals surface area contributed by atoms with Gasteiger partial charge in [-0.1, -0.05) is 62.3 Å². The molecule has 0 amide bonds. The molecule has 6 heteroatoms. The van der Waals surface area contributed by atoms with Crippen molar-refractivity contribution in [3.63, 3.8) is 0 Å². The quantitative estimate of drug-likeness (QED) is 0.522. The minimum Gasteiger partial charge on any atom is -0.392 e. The van der Waals surface area contributed by atoms with Gasteiger partial charge >= 0.3 is 0 Å². The lowest BCUT2D eigenvalue weighted by atomic mass is 9.80. The van der Waals surface area contributed by atoms with Gasteiger partial charge in [-0.05, 0) is 43.9 Å². The SMILES string of the molecule is CCC1O[C@@H](O[C@@H]2C(CC)O[C@@H](O[C@@H]3C(CC)O[C@@H](C)C(C)[C@H]3C)C(C)[C@H]2C)C(C)[C@@H](O)[C@@H]1C. The Kier molecular flexibility index (Phi) is 9.89. The van der Waals surface area contributed by atoms with E-state index in [4.69, 9.17) is 23.7 Å². The second kappa shape index (κ2) is 11.9. The van der Waals surface area contributed by atoms with Gasteiger partial charge in [0, 0.05) is 17.8 Å². The molecule has 0 aromatic heterocycles. The predicted octanol–water partition coefficient (Wildman–Crippen LogP) is 5.40. The average Bonchev–Trinajstić information content (AvgIpc) is 2.83. The van der Waals surface area contributed by atoms with Crippen LogP contribution in [0.25, 0.3) is 0 Å². The highest BCUT2D eigenvalue weighted by Gasteiger charge is 2.49. The first kappa shape index (κ1) is 28.3. The van der Waals surface area contributed by atoms with Crippen LogP contribution in [0.15, 0.2) is 0 Å². The van der Waals surface area contributed by atoms with E-state index >= 15 is 0 Å². The second-order valence-corrected chi connectivity index (χ2v) is 11.5. The Morgan fingerprint density at radius 1 is 0.529 bits per heavy atom. The molecule has 0 bridgehead atoms. The van der Waals surface area contributed by atoms with Crippen LogP contribution in [-0.4, -0.2) is 60.4 Å². The lowest BCUT2D eigenvalue weighted by molar-refractivity contribution is -0.342. The molecular weight excluding hydrogens is 432 g/mol. The van der Waals surface area contributed by atoms with Gasteiger partial charge in [-0.15, -0.1) is 0 Å². The van der Waals surface area contributed by atoms with Gasteiger partial charge in [0.05, 0.1) is 42.7 Å². The van der Waals surface area contributed by atoms with Crippen LogP contribution in [-0.2, 0) is 23.7 Å². The summed E-state index contributed by atoms with van der Waals surface area (Å²) in [5, 5.41) is 10.8. The third-order valence-electron chi connectivity index (χ3n) is 9.49. The van der Waals surface area contributed by atoms with E-state index in [2.05, 4.69) is 62.3 Å². The van der Waals surface area contributed by atoms with E-state index in [1.54, 1.807) is 0 Å². The molecule has 6 unspecified atom stereocenters. The number of ether oxygens (including phenoxy) is 5. The molecule has 200 valence electrons. The van der Waals surface area contributed by atoms with Crippen LogP contribution in [0.4, 0.5) is 0 Å². The zero-order chi connectivity index (χ0) is 25.3. The van der Waals surface area contributed by atoms with Gasteiger partial charge in [0.1, 0.15) is 0 Å². The maximum Gasteiger partial charge on any atom is 0.163 e. The molecule has 3 saturated heterocycles. The van der Waals surface area contributed by atoms with Crippen LogP contribution in [0.3, 0.4) is 0 Å². The maximum absolute atomic E-state index is 10.8. The molecule has 0 spiro atoms. The normalized spacial score (nSPS) is 52.5. The molecule has 0 aromatic carbocycles. The summed E-state index contributed by atoms with van der Waals surface area (Å²) in [5.74, 6) is 1.26. The molecule has 3 aliphatic rings. The highest BCUT2D eigenvalue weighted by Crippen LogP contribution is 2.41. The molecule has 15 atom stereocenters. The van der Waals surface area contributed by atoms with Crippen molar-refractivity contribution < 1.29 is 28.8 Å². The first-order chi connectivity index (χ1) is 16.0. The van der Waals surface area contributed by atoms with E-state index in [-0.39, 0.29) is 66.6 Å². The van der Waals surface area contributed by atoms with Crippen molar-refractivity contribution in [2.45, 2.75) is 144 Å². The number of aliphatic hydroxyl groups is 1. The van der Waals surface area contributed by atoms with E-state index in [0.29, 0.717) is 11.8 Å². The van der Waals surface area contributed by atoms with Crippen molar-refractivity contribution >= 4 is 0 Å². The molecule has 0 aromatic rings. The van der Waals surface area contributed by atoms with E-state index in [1.165, 1.54) is 0 Å². The zero-order valence-electron chi connectivity index (χ0n) is 23.3. The summed E-state index contributed by atoms with van der Waals surface area (Å²) < 4.78 is 32.6. The van der Waals surface area contributed by atoms with Crippen molar-refractivity contribution in [2.24, 2.45) is 35.5 Å². The van der Waals surface area contributed by atoms with Crippen LogP contribution in [0.1, 0.15) is 88.5 Å². The minimum atomic E-state index is -0.430. The van der Waals surface area contributed by atoms with Crippen molar-refractivity contribution in [3.05, 3.63) is 0 Å². The molecule has 0 radical (unpaired) electrons. The highest BCUT2D eigenvalue weighted by molar-refractivity contribution is 4.92. The standard InChI is InChI=1S/C28H52O6/c1-11-21-18(8)24(29)19(9)28(31-21)34-26-16(6)17(7)27(32-23(26)13-3)33-25-15(5)14(4)20(10)30-22(25)12-2/h14-29H,11-13H2,1-10H3/t14?,15-,16-,17?,18-,19?,20+,21?,22?,23?,24+,25+,26+,27+,28+/m1/s1. The number of hydrogen-bond donors (Lipinski definition) is 1. The molecular formula is C28H52O6. The smallest absolute Gasteiger partial charge is 0.163 e. The van der Waals surface area contributed by atoms with E-state index in [9.17, 15) is 5.11 Å². The molecule has 0 saturated carbocycles. The van der Waals surface area contributed by atoms with Crippen molar-refractivity contribution in [1.82, 2.24) is 0 Å². The summed E-state index contributed by atoms with van der Waals surface area (Å²) >= 11 is 0. The summed E-state index contributed by atoms with van der Waals surface area (Å²) in [6, 6.07) is 0. The Labute approximate surface area is 208 Å². The van der Waals surface area contributed by atoms with Crippen molar-refractivity contribution in [3.8, 4) is 0 Å². The maximum atomic E-state index is 10.8. The lowest BCUT2D eigenvalue weighted by Crippen LogP contribution is -2.58. The van der Waals surface area contributed by atoms with Crippen LogP contribution in [0, 0.1) is 35.5 Å². The third-order valence-corrected chi connectivity index (χ3v) is 9.49. The van der Waals surface area contributed by atoms with E-state index in [0.717, 1.165) is 19.3 Å². The van der Waals surface area contributed by atoms with Crippen LogP contribution >= 0.6 is 0 Å². The molecule has 3 fully saturated rings. The molecule has 6 nitrogen and oxygen atoms in total. The fourth-order valence-electron chi connectivity index (χ4n) is 6.25. The fraction of sp³-hybridized carbons (Fsp3) is 1.00. The Balaban J connectivity index is 1.72. The summed E-state index contributed by atoms with van der Waals surface area (Å²) in [4.78, 5) is 0. The number of hydrogen-bond acceptors (Lipinski definition) is 6. The van der Waals surface area contributed by atoms with E-state index in [1.807, 2.05) is 6.92 Å². The van der Waals surface area contributed by atoms with Gasteiger partial charge in [-0.25, -0.2) is 0 Å². The number of rotatable bonds is 7. The predicted molar refractivity (Wildman–Crippen MR) is 133 cm³/mol. The third kappa shape index (κ3) is 5.52. The van der Waals surface area contributed by atoms with Crippen molar-refractivity contribution in [2.75, 3.05) is 0 Å². The second-order valence-electron chi connectivity index (χ2n) is 11.5. The molecule has 34 heavy (non-hydrogen) atoms. The summed E-state index contributed by atoms with van der Waals surface area (Å²) in [6.07, 6.45) is 1.66. The molecule has 0 aliphatic carbocycles. The van der Waals surface area contributed by atoms with Crippen LogP contribution in [0.2, 0.25) is 0 Å². The topological polar surface area (TPSA) is 66.4 Å². The lowest BCUT2D eigenvalue weighted by Gasteiger charge is -2.50. The van der Waals surface area contributed by atoms with Gasteiger partial charge in [0.25, 0.3) is 0 Å². The Hall–Kier alpha value is -0.240. The molecule has 3 heterocycles. The molecule has 1 N–H and O–H groups in total. The zero-order valence-corrected chi connectivity index (χ0v) is 23.3. The number of aliphatic hydroxyl groups excluding tert-OH is 1. The summed E-state index contributed by atoms with van der Waals surface area (Å²) in [7, 11) is 0. The Morgan fingerprint density at radius 2 is 0.971 bits per heavy atom. The van der Waals surface area contributed by atoms with Gasteiger partial charge in [0.2, 0.25) is 0 Å². The summed E-state index contributed by atoms with van der Waals surface area (Å²) in [6.45, 7) is 21.7. The van der Waals surface area contributed by atoms with Crippen molar-refractivity contribution in [1.29, 1.82) is 0 Å². The molecule has 3 rings (SSSR count). The van der Waals surface area contributed by atoms with Gasteiger partial charge in [-0.2, -0.15) is 0 Å². The highest BCUT2D eigenvalue weighted by atomic mass is 16.7. The first-order valence-electron chi connectivity index (χ1n) is 14.0. The first-order valence-corrected chi connectivity index (χ1v) is 14.0. The van der Waals surface area contributed by atoms with Gasteiger partial charge in [-0.3, -0.25) is 0 Å². The van der Waals surface area contributed by atoms with E-state index < -0.39 is 12.4 Å². The Bertz CT molecular complexity index is 624.